The molecule has 2 aliphatic heterocycles. The molecule has 2 saturated heterocycles. The molecule has 0 spiro atoms. The number of fused-ring (bicyclic) bond motifs is 1. The molecule has 0 aromatic heterocycles. The van der Waals surface area contributed by atoms with Gasteiger partial charge in [-0.2, -0.15) is 8.42 Å². The molecular formula is C16H22O7S. The fraction of sp³-hybridized carbons (Fsp3) is 0.625. The number of ether oxygens (including phenoxy) is 3. The van der Waals surface area contributed by atoms with Gasteiger partial charge >= 0.3 is 0 Å². The number of benzene rings is 1. The average Bonchev–Trinajstić information content (AvgIpc) is 2.99. The Morgan fingerprint density at radius 3 is 2.58 bits per heavy atom. The standard InChI is InChI=1S/C16H22O7S/c1-10-4-6-11(7-5-10)24(18,19)20-9-12(17)13-8-14-15(21-13)23-16(2,3)22-14/h4-7,12-15,17H,8-9H2,1-3H3/t12-,13-,14-,15-/m1/s1. The lowest BCUT2D eigenvalue weighted by Gasteiger charge is -2.22. The van der Waals surface area contributed by atoms with Crippen LogP contribution in [0.3, 0.4) is 0 Å². The minimum Gasteiger partial charge on any atom is -0.388 e. The predicted molar refractivity (Wildman–Crippen MR) is 83.6 cm³/mol. The van der Waals surface area contributed by atoms with E-state index >= 15 is 0 Å². The molecule has 134 valence electrons. The molecule has 3 rings (SSSR count). The molecule has 1 aromatic rings. The first-order chi connectivity index (χ1) is 11.2. The Morgan fingerprint density at radius 2 is 1.96 bits per heavy atom. The quantitative estimate of drug-likeness (QED) is 0.794. The van der Waals surface area contributed by atoms with E-state index in [9.17, 15) is 13.5 Å². The van der Waals surface area contributed by atoms with Crippen LogP contribution in [0.15, 0.2) is 29.2 Å². The summed E-state index contributed by atoms with van der Waals surface area (Å²) < 4.78 is 46.0. The van der Waals surface area contributed by atoms with Crippen LogP contribution in [-0.4, -0.2) is 50.5 Å². The summed E-state index contributed by atoms with van der Waals surface area (Å²) >= 11 is 0. The van der Waals surface area contributed by atoms with Crippen LogP contribution in [0, 0.1) is 6.92 Å². The fourth-order valence-corrected chi connectivity index (χ4v) is 3.75. The van der Waals surface area contributed by atoms with Crippen molar-refractivity contribution in [1.29, 1.82) is 0 Å². The highest BCUT2D eigenvalue weighted by atomic mass is 32.2. The van der Waals surface area contributed by atoms with Gasteiger partial charge < -0.3 is 19.3 Å². The van der Waals surface area contributed by atoms with E-state index in [-0.39, 0.29) is 17.6 Å². The van der Waals surface area contributed by atoms with Crippen LogP contribution in [0.25, 0.3) is 0 Å². The fourth-order valence-electron chi connectivity index (χ4n) is 2.82. The van der Waals surface area contributed by atoms with Gasteiger partial charge in [0, 0.05) is 6.42 Å². The van der Waals surface area contributed by atoms with Crippen LogP contribution in [0.4, 0.5) is 0 Å². The van der Waals surface area contributed by atoms with Crippen molar-refractivity contribution >= 4 is 10.1 Å². The Bertz CT molecular complexity index is 667. The minimum atomic E-state index is -3.92. The van der Waals surface area contributed by atoms with Gasteiger partial charge in [0.15, 0.2) is 12.1 Å². The van der Waals surface area contributed by atoms with Crippen LogP contribution >= 0.6 is 0 Å². The summed E-state index contributed by atoms with van der Waals surface area (Å²) in [4.78, 5) is 0.0536. The maximum atomic E-state index is 12.1. The van der Waals surface area contributed by atoms with Crippen molar-refractivity contribution in [3.05, 3.63) is 29.8 Å². The molecule has 1 aromatic carbocycles. The van der Waals surface area contributed by atoms with E-state index in [1.165, 1.54) is 12.1 Å². The van der Waals surface area contributed by atoms with E-state index < -0.39 is 34.4 Å². The van der Waals surface area contributed by atoms with Crippen molar-refractivity contribution in [3.63, 3.8) is 0 Å². The lowest BCUT2D eigenvalue weighted by atomic mass is 10.1. The van der Waals surface area contributed by atoms with Gasteiger partial charge in [0.1, 0.15) is 12.2 Å². The summed E-state index contributed by atoms with van der Waals surface area (Å²) in [5.41, 5.74) is 0.947. The third kappa shape index (κ3) is 3.79. The zero-order valence-electron chi connectivity index (χ0n) is 13.8. The molecule has 0 unspecified atom stereocenters. The Morgan fingerprint density at radius 1 is 1.29 bits per heavy atom. The first kappa shape index (κ1) is 17.8. The second-order valence-electron chi connectivity index (χ2n) is 6.57. The van der Waals surface area contributed by atoms with Gasteiger partial charge in [0.25, 0.3) is 10.1 Å². The highest BCUT2D eigenvalue weighted by molar-refractivity contribution is 7.86. The van der Waals surface area contributed by atoms with Crippen LogP contribution < -0.4 is 0 Å². The molecule has 1 N–H and O–H groups in total. The van der Waals surface area contributed by atoms with Gasteiger partial charge in [-0.25, -0.2) is 0 Å². The second kappa shape index (κ2) is 6.36. The largest absolute Gasteiger partial charge is 0.388 e. The first-order valence-corrected chi connectivity index (χ1v) is 9.22. The maximum Gasteiger partial charge on any atom is 0.297 e. The average molecular weight is 358 g/mol. The molecular weight excluding hydrogens is 336 g/mol. The van der Waals surface area contributed by atoms with Gasteiger partial charge in [-0.1, -0.05) is 17.7 Å². The zero-order chi connectivity index (χ0) is 17.5. The SMILES string of the molecule is Cc1ccc(S(=O)(=O)OC[C@@H](O)[C@H]2C[C@H]3OC(C)(C)O[C@H]3O2)cc1. The molecule has 7 nitrogen and oxygen atoms in total. The molecule has 0 bridgehead atoms. The molecule has 0 saturated carbocycles. The molecule has 0 radical (unpaired) electrons. The number of aliphatic hydroxyl groups is 1. The maximum absolute atomic E-state index is 12.1. The van der Waals surface area contributed by atoms with Gasteiger partial charge in [-0.3, -0.25) is 4.18 Å². The van der Waals surface area contributed by atoms with Crippen molar-refractivity contribution in [1.82, 2.24) is 0 Å². The van der Waals surface area contributed by atoms with Crippen molar-refractivity contribution in [2.24, 2.45) is 0 Å². The van der Waals surface area contributed by atoms with E-state index in [1.807, 2.05) is 6.92 Å². The van der Waals surface area contributed by atoms with E-state index in [1.54, 1.807) is 26.0 Å². The van der Waals surface area contributed by atoms with Crippen LogP contribution in [-0.2, 0) is 28.5 Å². The number of aryl methyl sites for hydroxylation is 1. The highest BCUT2D eigenvalue weighted by Crippen LogP contribution is 2.38. The summed E-state index contributed by atoms with van der Waals surface area (Å²) in [5, 5.41) is 10.2. The minimum absolute atomic E-state index is 0.0536. The van der Waals surface area contributed by atoms with E-state index in [0.29, 0.717) is 6.42 Å². The summed E-state index contributed by atoms with van der Waals surface area (Å²) in [7, 11) is -3.92. The summed E-state index contributed by atoms with van der Waals surface area (Å²) in [6.45, 7) is 5.05. The molecule has 2 fully saturated rings. The zero-order valence-corrected chi connectivity index (χ0v) is 14.7. The lowest BCUT2D eigenvalue weighted by molar-refractivity contribution is -0.215. The third-order valence-corrected chi connectivity index (χ3v) is 5.34. The number of rotatable bonds is 5. The molecule has 2 aliphatic rings. The molecule has 2 heterocycles. The molecule has 8 heteroatoms. The number of aliphatic hydroxyl groups excluding tert-OH is 1. The van der Waals surface area contributed by atoms with Gasteiger partial charge in [-0.05, 0) is 32.9 Å². The smallest absolute Gasteiger partial charge is 0.297 e. The lowest BCUT2D eigenvalue weighted by Crippen LogP contribution is -2.34. The van der Waals surface area contributed by atoms with Crippen molar-refractivity contribution in [2.45, 2.75) is 62.5 Å². The van der Waals surface area contributed by atoms with Crippen molar-refractivity contribution in [2.75, 3.05) is 6.61 Å². The van der Waals surface area contributed by atoms with Crippen LogP contribution in [0.5, 0.6) is 0 Å². The first-order valence-electron chi connectivity index (χ1n) is 7.81. The van der Waals surface area contributed by atoms with Crippen molar-refractivity contribution in [3.8, 4) is 0 Å². The topological polar surface area (TPSA) is 91.3 Å². The second-order valence-corrected chi connectivity index (χ2v) is 8.19. The van der Waals surface area contributed by atoms with Crippen LogP contribution in [0.1, 0.15) is 25.8 Å². The normalized spacial score (nSPS) is 30.2. The van der Waals surface area contributed by atoms with E-state index in [4.69, 9.17) is 18.4 Å². The number of hydrogen-bond acceptors (Lipinski definition) is 7. The molecule has 0 amide bonds. The Balaban J connectivity index is 1.55. The number of hydrogen-bond donors (Lipinski definition) is 1. The Labute approximate surface area is 141 Å². The summed E-state index contributed by atoms with van der Waals surface area (Å²) in [6, 6.07) is 6.31. The summed E-state index contributed by atoms with van der Waals surface area (Å²) in [6.07, 6.45) is -2.08. The Hall–Kier alpha value is -1.03. The van der Waals surface area contributed by atoms with Gasteiger partial charge in [-0.15, -0.1) is 0 Å². The monoisotopic (exact) mass is 358 g/mol. The van der Waals surface area contributed by atoms with E-state index in [2.05, 4.69) is 0 Å². The van der Waals surface area contributed by atoms with Gasteiger partial charge in [0.05, 0.1) is 17.6 Å². The predicted octanol–water partition coefficient (Wildman–Crippen LogP) is 1.33. The third-order valence-electron chi connectivity index (χ3n) is 4.05. The molecule has 0 aliphatic carbocycles. The summed E-state index contributed by atoms with van der Waals surface area (Å²) in [5.74, 6) is -0.712. The highest BCUT2D eigenvalue weighted by Gasteiger charge is 2.50. The van der Waals surface area contributed by atoms with Gasteiger partial charge in [0.2, 0.25) is 0 Å². The van der Waals surface area contributed by atoms with Crippen LogP contribution in [0.2, 0.25) is 0 Å². The Kier molecular flexibility index (Phi) is 4.71. The van der Waals surface area contributed by atoms with Crippen molar-refractivity contribution < 1.29 is 31.9 Å². The molecule has 24 heavy (non-hydrogen) atoms. The molecule has 4 atom stereocenters. The van der Waals surface area contributed by atoms with E-state index in [0.717, 1.165) is 5.56 Å².